The summed E-state index contributed by atoms with van der Waals surface area (Å²) in [7, 11) is 0. The van der Waals surface area contributed by atoms with Gasteiger partial charge in [0.2, 0.25) is 5.91 Å². The van der Waals surface area contributed by atoms with Crippen LogP contribution in [0.1, 0.15) is 35.7 Å². The fourth-order valence-corrected chi connectivity index (χ4v) is 2.49. The van der Waals surface area contributed by atoms with Crippen LogP contribution in [0.4, 0.5) is 0 Å². The van der Waals surface area contributed by atoms with Gasteiger partial charge in [0, 0.05) is 25.6 Å². The van der Waals surface area contributed by atoms with Gasteiger partial charge in [-0.25, -0.2) is 4.79 Å². The number of nitrogens with zero attached hydrogens (tertiary/aromatic N) is 2. The van der Waals surface area contributed by atoms with Gasteiger partial charge >= 0.3 is 5.97 Å². The van der Waals surface area contributed by atoms with Crippen molar-refractivity contribution in [3.05, 3.63) is 35.4 Å². The molecule has 1 heterocycles. The first-order chi connectivity index (χ1) is 11.0. The number of hydrogen-bond acceptors (Lipinski definition) is 4. The zero-order valence-electron chi connectivity index (χ0n) is 13.1. The molecule has 2 rings (SSSR count). The molecule has 23 heavy (non-hydrogen) atoms. The van der Waals surface area contributed by atoms with Crippen LogP contribution in [0.5, 0.6) is 0 Å². The molecule has 0 aromatic heterocycles. The van der Waals surface area contributed by atoms with E-state index in [-0.39, 0.29) is 17.3 Å². The molecule has 0 unspecified atom stereocenters. The van der Waals surface area contributed by atoms with Crippen molar-refractivity contribution < 1.29 is 19.5 Å². The van der Waals surface area contributed by atoms with Gasteiger partial charge in [0.15, 0.2) is 5.84 Å². The van der Waals surface area contributed by atoms with Crippen LogP contribution in [0.25, 0.3) is 0 Å². The SMILES string of the molecule is CC(=O)N1CCC(CO/N=C(\N)c2cccc(C(=O)O)c2)CC1. The van der Waals surface area contributed by atoms with Crippen LogP contribution in [0.2, 0.25) is 0 Å². The maximum Gasteiger partial charge on any atom is 0.335 e. The van der Waals surface area contributed by atoms with Crippen LogP contribution in [-0.2, 0) is 9.63 Å². The van der Waals surface area contributed by atoms with Gasteiger partial charge in [-0.3, -0.25) is 4.79 Å². The Morgan fingerprint density at radius 1 is 1.35 bits per heavy atom. The normalized spacial score (nSPS) is 16.2. The standard InChI is InChI=1S/C16H21N3O4/c1-11(20)19-7-5-12(6-8-19)10-23-18-15(17)13-3-2-4-14(9-13)16(21)22/h2-4,9,12H,5-8,10H2,1H3,(H2,17,18)(H,21,22). The average molecular weight is 319 g/mol. The zero-order valence-corrected chi connectivity index (χ0v) is 13.1. The van der Waals surface area contributed by atoms with Crippen LogP contribution in [0, 0.1) is 5.92 Å². The second kappa shape index (κ2) is 7.62. The van der Waals surface area contributed by atoms with E-state index in [0.29, 0.717) is 18.1 Å². The third-order valence-electron chi connectivity index (χ3n) is 3.94. The molecule has 1 fully saturated rings. The Labute approximate surface area is 134 Å². The number of carboxylic acids is 1. The lowest BCUT2D eigenvalue weighted by molar-refractivity contribution is -0.130. The molecule has 1 aromatic rings. The minimum atomic E-state index is -1.02. The number of carboxylic acid groups (broad SMARTS) is 1. The molecule has 0 saturated carbocycles. The molecular formula is C16H21N3O4. The maximum atomic E-state index is 11.3. The summed E-state index contributed by atoms with van der Waals surface area (Å²) in [6, 6.07) is 6.23. The first kappa shape index (κ1) is 16.8. The quantitative estimate of drug-likeness (QED) is 0.483. The van der Waals surface area contributed by atoms with E-state index in [1.54, 1.807) is 19.1 Å². The smallest absolute Gasteiger partial charge is 0.335 e. The van der Waals surface area contributed by atoms with Crippen molar-refractivity contribution in [3.8, 4) is 0 Å². The van der Waals surface area contributed by atoms with Gasteiger partial charge in [0.05, 0.1) is 5.56 Å². The predicted octanol–water partition coefficient (Wildman–Crippen LogP) is 1.28. The highest BCUT2D eigenvalue weighted by Crippen LogP contribution is 2.17. The van der Waals surface area contributed by atoms with Crippen LogP contribution in [-0.4, -0.2) is 47.4 Å². The molecule has 7 heteroatoms. The molecule has 1 saturated heterocycles. The minimum absolute atomic E-state index is 0.102. The van der Waals surface area contributed by atoms with Gasteiger partial charge in [-0.15, -0.1) is 0 Å². The Balaban J connectivity index is 1.85. The topological polar surface area (TPSA) is 105 Å². The fraction of sp³-hybridized carbons (Fsp3) is 0.438. The molecule has 1 amide bonds. The number of benzene rings is 1. The monoisotopic (exact) mass is 319 g/mol. The lowest BCUT2D eigenvalue weighted by atomic mass is 9.98. The Morgan fingerprint density at radius 3 is 2.61 bits per heavy atom. The van der Waals surface area contributed by atoms with Crippen LogP contribution < -0.4 is 5.73 Å². The first-order valence-corrected chi connectivity index (χ1v) is 7.52. The lowest BCUT2D eigenvalue weighted by Gasteiger charge is -2.30. The predicted molar refractivity (Wildman–Crippen MR) is 85.1 cm³/mol. The van der Waals surface area contributed by atoms with E-state index >= 15 is 0 Å². The van der Waals surface area contributed by atoms with Crippen molar-refractivity contribution >= 4 is 17.7 Å². The summed E-state index contributed by atoms with van der Waals surface area (Å²) in [4.78, 5) is 29.3. The summed E-state index contributed by atoms with van der Waals surface area (Å²) >= 11 is 0. The molecule has 124 valence electrons. The van der Waals surface area contributed by atoms with Crippen LogP contribution in [0.15, 0.2) is 29.4 Å². The molecule has 3 N–H and O–H groups in total. The number of piperidine rings is 1. The van der Waals surface area contributed by atoms with E-state index in [9.17, 15) is 9.59 Å². The highest BCUT2D eigenvalue weighted by molar-refractivity contribution is 5.99. The average Bonchev–Trinajstić information content (AvgIpc) is 2.55. The second-order valence-corrected chi connectivity index (χ2v) is 5.61. The largest absolute Gasteiger partial charge is 0.478 e. The Bertz CT molecular complexity index is 607. The molecule has 1 aromatic carbocycles. The summed E-state index contributed by atoms with van der Waals surface area (Å²) in [5.74, 6) is -0.426. The van der Waals surface area contributed by atoms with Gasteiger partial charge in [-0.05, 0) is 30.9 Å². The van der Waals surface area contributed by atoms with Crippen molar-refractivity contribution in [1.82, 2.24) is 4.90 Å². The first-order valence-electron chi connectivity index (χ1n) is 7.52. The summed E-state index contributed by atoms with van der Waals surface area (Å²) < 4.78 is 0. The zero-order chi connectivity index (χ0) is 16.8. The number of amidine groups is 1. The molecule has 0 bridgehead atoms. The third kappa shape index (κ3) is 4.70. The fourth-order valence-electron chi connectivity index (χ4n) is 2.49. The molecule has 0 spiro atoms. The number of nitrogens with two attached hydrogens (primary N) is 1. The van der Waals surface area contributed by atoms with Crippen LogP contribution in [0.3, 0.4) is 0 Å². The number of rotatable bonds is 5. The van der Waals surface area contributed by atoms with Gasteiger partial charge in [0.1, 0.15) is 6.61 Å². The summed E-state index contributed by atoms with van der Waals surface area (Å²) in [6.07, 6.45) is 1.76. The summed E-state index contributed by atoms with van der Waals surface area (Å²) in [5.41, 5.74) is 6.48. The van der Waals surface area contributed by atoms with Gasteiger partial charge in [-0.1, -0.05) is 17.3 Å². The van der Waals surface area contributed by atoms with Crippen molar-refractivity contribution in [1.29, 1.82) is 0 Å². The number of likely N-dealkylation sites (tertiary alicyclic amines) is 1. The van der Waals surface area contributed by atoms with Crippen molar-refractivity contribution in [2.24, 2.45) is 16.8 Å². The summed E-state index contributed by atoms with van der Waals surface area (Å²) in [5, 5.41) is 12.8. The number of hydrogen-bond donors (Lipinski definition) is 2. The summed E-state index contributed by atoms with van der Waals surface area (Å²) in [6.45, 7) is 3.49. The molecule has 1 aliphatic heterocycles. The molecule has 0 radical (unpaired) electrons. The molecule has 0 atom stereocenters. The number of amides is 1. The Morgan fingerprint density at radius 2 is 2.00 bits per heavy atom. The third-order valence-corrected chi connectivity index (χ3v) is 3.94. The number of aromatic carboxylic acids is 1. The van der Waals surface area contributed by atoms with E-state index in [1.165, 1.54) is 12.1 Å². The molecule has 7 nitrogen and oxygen atoms in total. The molecular weight excluding hydrogens is 298 g/mol. The van der Waals surface area contributed by atoms with E-state index in [0.717, 1.165) is 25.9 Å². The minimum Gasteiger partial charge on any atom is -0.478 e. The highest BCUT2D eigenvalue weighted by atomic mass is 16.6. The lowest BCUT2D eigenvalue weighted by Crippen LogP contribution is -2.37. The highest BCUT2D eigenvalue weighted by Gasteiger charge is 2.21. The van der Waals surface area contributed by atoms with E-state index < -0.39 is 5.97 Å². The number of oxime groups is 1. The Hall–Kier alpha value is -2.57. The number of carbonyl (C=O) groups excluding carboxylic acids is 1. The van der Waals surface area contributed by atoms with E-state index in [2.05, 4.69) is 5.16 Å². The van der Waals surface area contributed by atoms with Crippen molar-refractivity contribution in [3.63, 3.8) is 0 Å². The Kier molecular flexibility index (Phi) is 5.56. The van der Waals surface area contributed by atoms with E-state index in [4.69, 9.17) is 15.7 Å². The molecule has 1 aliphatic rings. The van der Waals surface area contributed by atoms with Crippen LogP contribution >= 0.6 is 0 Å². The van der Waals surface area contributed by atoms with Crippen molar-refractivity contribution in [2.45, 2.75) is 19.8 Å². The van der Waals surface area contributed by atoms with Gasteiger partial charge < -0.3 is 20.6 Å². The van der Waals surface area contributed by atoms with Crippen molar-refractivity contribution in [2.75, 3.05) is 19.7 Å². The van der Waals surface area contributed by atoms with Gasteiger partial charge in [0.25, 0.3) is 0 Å². The molecule has 0 aliphatic carbocycles. The van der Waals surface area contributed by atoms with E-state index in [1.807, 2.05) is 4.90 Å². The maximum absolute atomic E-state index is 11.3. The second-order valence-electron chi connectivity index (χ2n) is 5.61. The number of carbonyl (C=O) groups is 2. The van der Waals surface area contributed by atoms with Gasteiger partial charge in [-0.2, -0.15) is 0 Å².